The number of ketones is 1. The minimum Gasteiger partial charge on any atom is -0.294 e. The molecule has 0 saturated carbocycles. The zero-order valence-electron chi connectivity index (χ0n) is 12.0. The monoisotopic (exact) mass is 274 g/mol. The maximum Gasteiger partial charge on any atom is 0.162 e. The Hall–Kier alpha value is -2.41. The molecule has 0 saturated heterocycles. The predicted octanol–water partition coefficient (Wildman–Crippen LogP) is 5.53. The average molecular weight is 274 g/mol. The third kappa shape index (κ3) is 2.73. The minimum absolute atomic E-state index is 0.215. The fourth-order valence-electron chi connectivity index (χ4n) is 2.74. The van der Waals surface area contributed by atoms with Gasteiger partial charge in [0.05, 0.1) is 0 Å². The van der Waals surface area contributed by atoms with E-state index in [1.807, 2.05) is 24.3 Å². The van der Waals surface area contributed by atoms with E-state index in [2.05, 4.69) is 43.0 Å². The summed E-state index contributed by atoms with van der Waals surface area (Å²) in [5, 5.41) is 4.80. The van der Waals surface area contributed by atoms with Crippen LogP contribution in [-0.4, -0.2) is 5.78 Å². The van der Waals surface area contributed by atoms with Crippen molar-refractivity contribution in [2.24, 2.45) is 0 Å². The molecule has 0 fully saturated rings. The van der Waals surface area contributed by atoms with Crippen LogP contribution in [0.2, 0.25) is 0 Å². The first-order valence-corrected chi connectivity index (χ1v) is 7.35. The standard InChI is InChI=1S/C20H18O/c1-2-3-4-9-20(21)17-12-13-19-16(14-17)11-10-15-7-5-6-8-18(15)19/h2,5-8,10-14H,1,3-4,9H2. The Morgan fingerprint density at radius 2 is 1.71 bits per heavy atom. The number of hydrogen-bond acceptors (Lipinski definition) is 1. The molecular weight excluding hydrogens is 256 g/mol. The highest BCUT2D eigenvalue weighted by Gasteiger charge is 2.07. The summed E-state index contributed by atoms with van der Waals surface area (Å²) >= 11 is 0. The van der Waals surface area contributed by atoms with Gasteiger partial charge >= 0.3 is 0 Å². The summed E-state index contributed by atoms with van der Waals surface area (Å²) in [5.41, 5.74) is 0.807. The van der Waals surface area contributed by atoms with Gasteiger partial charge in [-0.25, -0.2) is 0 Å². The summed E-state index contributed by atoms with van der Waals surface area (Å²) in [6.45, 7) is 3.69. The van der Waals surface area contributed by atoms with Gasteiger partial charge in [-0.05, 0) is 40.5 Å². The first-order chi connectivity index (χ1) is 10.3. The fourth-order valence-corrected chi connectivity index (χ4v) is 2.74. The summed E-state index contributed by atoms with van der Waals surface area (Å²) in [5.74, 6) is 0.215. The van der Waals surface area contributed by atoms with E-state index in [0.717, 1.165) is 23.8 Å². The highest BCUT2D eigenvalue weighted by molar-refractivity contribution is 6.09. The second-order valence-electron chi connectivity index (χ2n) is 5.33. The van der Waals surface area contributed by atoms with Gasteiger partial charge in [-0.2, -0.15) is 0 Å². The molecule has 21 heavy (non-hydrogen) atoms. The highest BCUT2D eigenvalue weighted by Crippen LogP contribution is 2.26. The molecule has 0 aromatic heterocycles. The van der Waals surface area contributed by atoms with Crippen molar-refractivity contribution in [3.8, 4) is 0 Å². The molecule has 0 N–H and O–H groups in total. The lowest BCUT2D eigenvalue weighted by Gasteiger charge is -2.06. The average Bonchev–Trinajstić information content (AvgIpc) is 2.54. The molecule has 104 valence electrons. The van der Waals surface area contributed by atoms with Crippen molar-refractivity contribution in [3.63, 3.8) is 0 Å². The topological polar surface area (TPSA) is 17.1 Å². The Labute approximate surface area is 124 Å². The van der Waals surface area contributed by atoms with Gasteiger partial charge in [0.2, 0.25) is 0 Å². The molecule has 0 spiro atoms. The van der Waals surface area contributed by atoms with Crippen molar-refractivity contribution in [1.82, 2.24) is 0 Å². The number of Topliss-reactive ketones (excluding diaryl/α,β-unsaturated/α-hetero) is 1. The van der Waals surface area contributed by atoms with Crippen LogP contribution < -0.4 is 0 Å². The van der Waals surface area contributed by atoms with Gasteiger partial charge in [0.25, 0.3) is 0 Å². The molecule has 0 amide bonds. The summed E-state index contributed by atoms with van der Waals surface area (Å²) < 4.78 is 0. The van der Waals surface area contributed by atoms with E-state index in [4.69, 9.17) is 0 Å². The maximum absolute atomic E-state index is 12.2. The van der Waals surface area contributed by atoms with E-state index in [1.54, 1.807) is 0 Å². The van der Waals surface area contributed by atoms with Crippen LogP contribution in [0.25, 0.3) is 21.5 Å². The van der Waals surface area contributed by atoms with Crippen molar-refractivity contribution in [2.75, 3.05) is 0 Å². The quantitative estimate of drug-likeness (QED) is 0.259. The highest BCUT2D eigenvalue weighted by atomic mass is 16.1. The zero-order valence-corrected chi connectivity index (χ0v) is 12.0. The molecule has 0 radical (unpaired) electrons. The van der Waals surface area contributed by atoms with Crippen LogP contribution in [0, 0.1) is 0 Å². The number of allylic oxidation sites excluding steroid dienone is 1. The number of carbonyl (C=O) groups is 1. The Balaban J connectivity index is 1.99. The molecule has 0 bridgehead atoms. The molecule has 0 aliphatic rings. The molecular formula is C20H18O. The van der Waals surface area contributed by atoms with Gasteiger partial charge in [-0.15, -0.1) is 6.58 Å². The molecule has 3 aromatic carbocycles. The lowest BCUT2D eigenvalue weighted by molar-refractivity contribution is 0.0980. The number of benzene rings is 3. The van der Waals surface area contributed by atoms with Crippen molar-refractivity contribution in [1.29, 1.82) is 0 Å². The third-order valence-electron chi connectivity index (χ3n) is 3.88. The van der Waals surface area contributed by atoms with Gasteiger partial charge < -0.3 is 0 Å². The summed E-state index contributed by atoms with van der Waals surface area (Å²) in [6.07, 6.45) is 4.22. The first kappa shape index (κ1) is 13.6. The number of fused-ring (bicyclic) bond motifs is 3. The zero-order chi connectivity index (χ0) is 14.7. The van der Waals surface area contributed by atoms with Crippen molar-refractivity contribution < 1.29 is 4.79 Å². The second kappa shape index (κ2) is 5.92. The third-order valence-corrected chi connectivity index (χ3v) is 3.88. The predicted molar refractivity (Wildman–Crippen MR) is 89.8 cm³/mol. The van der Waals surface area contributed by atoms with E-state index in [0.29, 0.717) is 6.42 Å². The van der Waals surface area contributed by atoms with Crippen LogP contribution in [0.15, 0.2) is 67.3 Å². The van der Waals surface area contributed by atoms with E-state index in [-0.39, 0.29) is 5.78 Å². The van der Waals surface area contributed by atoms with Gasteiger partial charge in [0.15, 0.2) is 5.78 Å². The lowest BCUT2D eigenvalue weighted by Crippen LogP contribution is -1.98. The van der Waals surface area contributed by atoms with Gasteiger partial charge in [-0.1, -0.05) is 54.6 Å². The van der Waals surface area contributed by atoms with Crippen LogP contribution in [0.4, 0.5) is 0 Å². The number of rotatable bonds is 5. The lowest BCUT2D eigenvalue weighted by atomic mass is 9.98. The number of hydrogen-bond donors (Lipinski definition) is 0. The van der Waals surface area contributed by atoms with E-state index in [9.17, 15) is 4.79 Å². The molecule has 1 heteroatoms. The van der Waals surface area contributed by atoms with Crippen molar-refractivity contribution in [2.45, 2.75) is 19.3 Å². The van der Waals surface area contributed by atoms with Gasteiger partial charge in [0, 0.05) is 12.0 Å². The van der Waals surface area contributed by atoms with Crippen LogP contribution in [0.1, 0.15) is 29.6 Å². The molecule has 0 atom stereocenters. The Morgan fingerprint density at radius 1 is 0.952 bits per heavy atom. The van der Waals surface area contributed by atoms with Gasteiger partial charge in [-0.3, -0.25) is 4.79 Å². The normalized spacial score (nSPS) is 10.9. The van der Waals surface area contributed by atoms with Crippen molar-refractivity contribution >= 4 is 27.3 Å². The summed E-state index contributed by atoms with van der Waals surface area (Å²) in [6, 6.07) is 18.6. The van der Waals surface area contributed by atoms with Crippen LogP contribution >= 0.6 is 0 Å². The first-order valence-electron chi connectivity index (χ1n) is 7.35. The summed E-state index contributed by atoms with van der Waals surface area (Å²) in [4.78, 5) is 12.2. The van der Waals surface area contributed by atoms with Crippen LogP contribution in [0.3, 0.4) is 0 Å². The van der Waals surface area contributed by atoms with Crippen LogP contribution in [0.5, 0.6) is 0 Å². The number of carbonyl (C=O) groups excluding carboxylic acids is 1. The molecule has 3 aromatic rings. The van der Waals surface area contributed by atoms with E-state index >= 15 is 0 Å². The molecule has 1 nitrogen and oxygen atoms in total. The smallest absolute Gasteiger partial charge is 0.162 e. The molecule has 0 aliphatic heterocycles. The Kier molecular flexibility index (Phi) is 3.83. The molecule has 3 rings (SSSR count). The van der Waals surface area contributed by atoms with Crippen molar-refractivity contribution in [3.05, 3.63) is 72.8 Å². The molecule has 0 aliphatic carbocycles. The second-order valence-corrected chi connectivity index (χ2v) is 5.33. The summed E-state index contributed by atoms with van der Waals surface area (Å²) in [7, 11) is 0. The molecule has 0 heterocycles. The molecule has 0 unspecified atom stereocenters. The Bertz CT molecular complexity index is 814. The SMILES string of the molecule is C=CCCCC(=O)c1ccc2c(ccc3ccccc32)c1. The van der Waals surface area contributed by atoms with Crippen LogP contribution in [-0.2, 0) is 0 Å². The maximum atomic E-state index is 12.2. The van der Waals surface area contributed by atoms with Gasteiger partial charge in [0.1, 0.15) is 0 Å². The largest absolute Gasteiger partial charge is 0.294 e. The van der Waals surface area contributed by atoms with E-state index < -0.39 is 0 Å². The minimum atomic E-state index is 0.215. The van der Waals surface area contributed by atoms with E-state index in [1.165, 1.54) is 16.2 Å². The number of unbranched alkanes of at least 4 members (excludes halogenated alkanes) is 1. The fraction of sp³-hybridized carbons (Fsp3) is 0.150. The Morgan fingerprint density at radius 3 is 2.57 bits per heavy atom.